The second kappa shape index (κ2) is 6.67. The Bertz CT molecular complexity index is 919. The summed E-state index contributed by atoms with van der Waals surface area (Å²) in [5, 5.41) is 8.20. The predicted molar refractivity (Wildman–Crippen MR) is 93.2 cm³/mol. The minimum atomic E-state index is -0.319. The highest BCUT2D eigenvalue weighted by atomic mass is 19.1. The summed E-state index contributed by atoms with van der Waals surface area (Å²) in [4.78, 5) is 19.0. The van der Waals surface area contributed by atoms with Gasteiger partial charge in [-0.3, -0.25) is 9.78 Å². The van der Waals surface area contributed by atoms with Crippen LogP contribution < -0.4 is 0 Å². The van der Waals surface area contributed by atoms with Crippen LogP contribution in [-0.2, 0) is 6.54 Å². The van der Waals surface area contributed by atoms with Gasteiger partial charge < -0.3 is 4.90 Å². The van der Waals surface area contributed by atoms with Gasteiger partial charge in [-0.1, -0.05) is 5.21 Å². The second-order valence-corrected chi connectivity index (χ2v) is 6.43. The topological polar surface area (TPSA) is 63.9 Å². The number of aromatic nitrogens is 4. The van der Waals surface area contributed by atoms with Crippen LogP contribution in [-0.4, -0.2) is 36.8 Å². The number of benzene rings is 1. The lowest BCUT2D eigenvalue weighted by molar-refractivity contribution is 0.0723. The minimum Gasteiger partial charge on any atom is -0.330 e. The van der Waals surface area contributed by atoms with Crippen molar-refractivity contribution in [3.8, 4) is 5.69 Å². The lowest BCUT2D eigenvalue weighted by Crippen LogP contribution is -2.33. The maximum Gasteiger partial charge on any atom is 0.276 e. The normalized spacial score (nSPS) is 13.6. The molecule has 7 heteroatoms. The van der Waals surface area contributed by atoms with E-state index in [1.807, 2.05) is 17.0 Å². The molecule has 0 spiro atoms. The van der Waals surface area contributed by atoms with Crippen molar-refractivity contribution in [1.82, 2.24) is 24.9 Å². The highest BCUT2D eigenvalue weighted by molar-refractivity contribution is 5.93. The molecule has 1 saturated carbocycles. The zero-order valence-corrected chi connectivity index (χ0v) is 14.3. The Labute approximate surface area is 150 Å². The van der Waals surface area contributed by atoms with Gasteiger partial charge in [0, 0.05) is 25.0 Å². The number of carbonyl (C=O) groups excluding carboxylic acids is 1. The monoisotopic (exact) mass is 351 g/mol. The van der Waals surface area contributed by atoms with Gasteiger partial charge in [0.15, 0.2) is 5.69 Å². The molecule has 2 aromatic heterocycles. The van der Waals surface area contributed by atoms with Crippen molar-refractivity contribution in [3.05, 3.63) is 71.6 Å². The van der Waals surface area contributed by atoms with Gasteiger partial charge >= 0.3 is 0 Å². The molecule has 0 radical (unpaired) electrons. The van der Waals surface area contributed by atoms with Crippen LogP contribution in [0.5, 0.6) is 0 Å². The van der Waals surface area contributed by atoms with Crippen molar-refractivity contribution in [2.45, 2.75) is 32.4 Å². The average molecular weight is 351 g/mol. The summed E-state index contributed by atoms with van der Waals surface area (Å²) in [6.07, 6.45) is 5.45. The van der Waals surface area contributed by atoms with Crippen LogP contribution in [0, 0.1) is 12.7 Å². The van der Waals surface area contributed by atoms with Crippen LogP contribution in [0.4, 0.5) is 4.39 Å². The van der Waals surface area contributed by atoms with E-state index in [0.717, 1.165) is 18.4 Å². The number of amides is 1. The third-order valence-corrected chi connectivity index (χ3v) is 4.52. The van der Waals surface area contributed by atoms with Crippen molar-refractivity contribution in [2.75, 3.05) is 0 Å². The number of nitrogens with zero attached hydrogens (tertiary/aromatic N) is 5. The Morgan fingerprint density at radius 2 is 1.88 bits per heavy atom. The van der Waals surface area contributed by atoms with Gasteiger partial charge in [0.05, 0.1) is 11.4 Å². The molecule has 0 atom stereocenters. The Morgan fingerprint density at radius 3 is 2.54 bits per heavy atom. The molecule has 26 heavy (non-hydrogen) atoms. The van der Waals surface area contributed by atoms with Gasteiger partial charge in [-0.15, -0.1) is 5.10 Å². The van der Waals surface area contributed by atoms with E-state index in [-0.39, 0.29) is 17.8 Å². The number of carbonyl (C=O) groups is 1. The molecule has 1 aliphatic carbocycles. The fourth-order valence-electron chi connectivity index (χ4n) is 2.93. The lowest BCUT2D eigenvalue weighted by atomic mass is 10.2. The fourth-order valence-corrected chi connectivity index (χ4v) is 2.93. The van der Waals surface area contributed by atoms with Crippen molar-refractivity contribution < 1.29 is 9.18 Å². The standard InChI is InChI=1S/C19H18FN5O/c1-13-18(22-23-25(13)17-4-2-15(20)3-5-17)19(26)24(16-6-7-16)12-14-8-10-21-11-9-14/h2-5,8-11,16H,6-7,12H2,1H3. The highest BCUT2D eigenvalue weighted by Gasteiger charge is 2.35. The summed E-state index contributed by atoms with van der Waals surface area (Å²) in [7, 11) is 0. The van der Waals surface area contributed by atoms with Crippen LogP contribution in [0.25, 0.3) is 5.69 Å². The quantitative estimate of drug-likeness (QED) is 0.709. The smallest absolute Gasteiger partial charge is 0.276 e. The molecule has 0 aliphatic heterocycles. The molecule has 0 bridgehead atoms. The van der Waals surface area contributed by atoms with Gasteiger partial charge in [-0.05, 0) is 61.7 Å². The molecule has 0 saturated heterocycles. The fraction of sp³-hybridized carbons (Fsp3) is 0.263. The minimum absolute atomic E-state index is 0.129. The molecule has 2 heterocycles. The molecule has 0 N–H and O–H groups in total. The zero-order valence-electron chi connectivity index (χ0n) is 14.3. The van der Waals surface area contributed by atoms with Crippen molar-refractivity contribution in [2.24, 2.45) is 0 Å². The van der Waals surface area contributed by atoms with E-state index in [2.05, 4.69) is 15.3 Å². The van der Waals surface area contributed by atoms with Gasteiger partial charge in [0.1, 0.15) is 5.82 Å². The van der Waals surface area contributed by atoms with Gasteiger partial charge in [-0.25, -0.2) is 9.07 Å². The molecule has 4 rings (SSSR count). The summed E-state index contributed by atoms with van der Waals surface area (Å²) in [6.45, 7) is 2.32. The van der Waals surface area contributed by atoms with Gasteiger partial charge in [0.25, 0.3) is 5.91 Å². The molecule has 3 aromatic rings. The van der Waals surface area contributed by atoms with Gasteiger partial charge in [0.2, 0.25) is 0 Å². The molecule has 1 aromatic carbocycles. The van der Waals surface area contributed by atoms with E-state index in [9.17, 15) is 9.18 Å². The molecule has 6 nitrogen and oxygen atoms in total. The first kappa shape index (κ1) is 16.4. The van der Waals surface area contributed by atoms with Crippen LogP contribution >= 0.6 is 0 Å². The van der Waals surface area contributed by atoms with E-state index in [4.69, 9.17) is 0 Å². The molecule has 132 valence electrons. The zero-order chi connectivity index (χ0) is 18.1. The molecule has 1 fully saturated rings. The second-order valence-electron chi connectivity index (χ2n) is 6.43. The number of rotatable bonds is 5. The van der Waals surface area contributed by atoms with E-state index in [1.165, 1.54) is 12.1 Å². The molecule has 1 amide bonds. The Balaban J connectivity index is 1.61. The summed E-state index contributed by atoms with van der Waals surface area (Å²) >= 11 is 0. The molecular weight excluding hydrogens is 333 g/mol. The maximum absolute atomic E-state index is 13.1. The third kappa shape index (κ3) is 3.20. The summed E-state index contributed by atoms with van der Waals surface area (Å²) < 4.78 is 14.7. The lowest BCUT2D eigenvalue weighted by Gasteiger charge is -2.21. The number of hydrogen-bond donors (Lipinski definition) is 0. The Kier molecular flexibility index (Phi) is 4.20. The van der Waals surface area contributed by atoms with Crippen LogP contribution in [0.2, 0.25) is 0 Å². The van der Waals surface area contributed by atoms with E-state index >= 15 is 0 Å². The Hall–Kier alpha value is -3.09. The summed E-state index contributed by atoms with van der Waals surface area (Å²) in [5.74, 6) is -0.449. The third-order valence-electron chi connectivity index (χ3n) is 4.52. The predicted octanol–water partition coefficient (Wildman–Crippen LogP) is 2.91. The van der Waals surface area contributed by atoms with Crippen LogP contribution in [0.3, 0.4) is 0 Å². The Morgan fingerprint density at radius 1 is 1.19 bits per heavy atom. The van der Waals surface area contributed by atoms with Crippen molar-refractivity contribution in [1.29, 1.82) is 0 Å². The van der Waals surface area contributed by atoms with E-state index in [0.29, 0.717) is 23.6 Å². The number of halogens is 1. The molecule has 1 aliphatic rings. The van der Waals surface area contributed by atoms with E-state index in [1.54, 1.807) is 36.1 Å². The number of hydrogen-bond acceptors (Lipinski definition) is 4. The van der Waals surface area contributed by atoms with Crippen LogP contribution in [0.1, 0.15) is 34.6 Å². The average Bonchev–Trinajstić information content (AvgIpc) is 3.43. The van der Waals surface area contributed by atoms with Gasteiger partial charge in [-0.2, -0.15) is 0 Å². The molecular formula is C19H18FN5O. The highest BCUT2D eigenvalue weighted by Crippen LogP contribution is 2.30. The summed E-state index contributed by atoms with van der Waals surface area (Å²) in [6, 6.07) is 10.00. The van der Waals surface area contributed by atoms with E-state index < -0.39 is 0 Å². The largest absolute Gasteiger partial charge is 0.330 e. The molecule has 0 unspecified atom stereocenters. The SMILES string of the molecule is Cc1c(C(=O)N(Cc2ccncc2)C2CC2)nnn1-c1ccc(F)cc1. The maximum atomic E-state index is 13.1. The van der Waals surface area contributed by atoms with Crippen molar-refractivity contribution in [3.63, 3.8) is 0 Å². The first-order chi connectivity index (χ1) is 12.6. The number of pyridine rings is 1. The first-order valence-corrected chi connectivity index (χ1v) is 8.51. The first-order valence-electron chi connectivity index (χ1n) is 8.51. The van der Waals surface area contributed by atoms with Crippen LogP contribution in [0.15, 0.2) is 48.8 Å². The summed E-state index contributed by atoms with van der Waals surface area (Å²) in [5.41, 5.74) is 2.67. The van der Waals surface area contributed by atoms with Crippen molar-refractivity contribution >= 4 is 5.91 Å².